The van der Waals surface area contributed by atoms with Gasteiger partial charge >= 0.3 is 6.03 Å². The highest BCUT2D eigenvalue weighted by Gasteiger charge is 2.48. The molecule has 0 bridgehead atoms. The van der Waals surface area contributed by atoms with Crippen molar-refractivity contribution in [3.63, 3.8) is 0 Å². The van der Waals surface area contributed by atoms with E-state index >= 15 is 0 Å². The normalized spacial score (nSPS) is 22.0. The van der Waals surface area contributed by atoms with Crippen LogP contribution in [-0.4, -0.2) is 51.3 Å². The summed E-state index contributed by atoms with van der Waals surface area (Å²) in [5.74, 6) is -0.631. The number of hydrogen-bond donors (Lipinski definition) is 1. The first-order valence-corrected chi connectivity index (χ1v) is 8.89. The van der Waals surface area contributed by atoms with E-state index in [1.807, 2.05) is 0 Å². The summed E-state index contributed by atoms with van der Waals surface area (Å²) < 4.78 is 0. The van der Waals surface area contributed by atoms with Gasteiger partial charge in [-0.15, -0.1) is 0 Å². The van der Waals surface area contributed by atoms with Crippen LogP contribution in [0, 0.1) is 0 Å². The molecule has 2 aliphatic heterocycles. The molecule has 2 atom stereocenters. The number of nitrogens with one attached hydrogen (secondary N) is 1. The Balaban J connectivity index is 1.48. The van der Waals surface area contributed by atoms with Gasteiger partial charge in [-0.3, -0.25) is 14.6 Å². The summed E-state index contributed by atoms with van der Waals surface area (Å²) >= 11 is 5.88. The summed E-state index contributed by atoms with van der Waals surface area (Å²) in [5, 5.41) is 3.41. The zero-order valence-corrected chi connectivity index (χ0v) is 15.0. The molecule has 4 rings (SSSR count). The Morgan fingerprint density at radius 3 is 2.67 bits per heavy atom. The molecule has 0 aliphatic carbocycles. The predicted molar refractivity (Wildman–Crippen MR) is 97.3 cm³/mol. The molecular formula is C18H16ClN5O3. The molecule has 8 nitrogen and oxygen atoms in total. The Kier molecular flexibility index (Phi) is 4.49. The molecule has 2 aromatic rings. The lowest BCUT2D eigenvalue weighted by Crippen LogP contribution is -2.49. The monoisotopic (exact) mass is 385 g/mol. The second-order valence-electron chi connectivity index (χ2n) is 6.43. The van der Waals surface area contributed by atoms with Crippen molar-refractivity contribution in [2.45, 2.75) is 24.9 Å². The number of imide groups is 1. The summed E-state index contributed by atoms with van der Waals surface area (Å²) in [6, 6.07) is 5.41. The minimum Gasteiger partial charge on any atom is -0.348 e. The molecule has 27 heavy (non-hydrogen) atoms. The number of anilines is 1. The van der Waals surface area contributed by atoms with Crippen molar-refractivity contribution in [2.75, 3.05) is 11.4 Å². The fraction of sp³-hybridized carbons (Fsp3) is 0.278. The molecule has 2 fully saturated rings. The predicted octanol–water partition coefficient (Wildman–Crippen LogP) is 1.86. The number of carbonyl (C=O) groups is 3. The maximum Gasteiger partial charge on any atom is 0.332 e. The molecule has 2 saturated heterocycles. The first kappa shape index (κ1) is 17.4. The van der Waals surface area contributed by atoms with E-state index in [0.29, 0.717) is 30.1 Å². The molecule has 0 spiro atoms. The molecule has 138 valence electrons. The third-order valence-corrected chi connectivity index (χ3v) is 5.01. The van der Waals surface area contributed by atoms with Crippen LogP contribution in [0.5, 0.6) is 0 Å². The van der Waals surface area contributed by atoms with Gasteiger partial charge < -0.3 is 10.2 Å². The summed E-state index contributed by atoms with van der Waals surface area (Å²) in [4.78, 5) is 48.4. The lowest BCUT2D eigenvalue weighted by Gasteiger charge is -2.32. The van der Waals surface area contributed by atoms with Crippen molar-refractivity contribution in [1.82, 2.24) is 20.2 Å². The van der Waals surface area contributed by atoms with E-state index in [2.05, 4.69) is 15.3 Å². The Bertz CT molecular complexity index is 890. The summed E-state index contributed by atoms with van der Waals surface area (Å²) in [7, 11) is 0. The van der Waals surface area contributed by atoms with Gasteiger partial charge in [0.15, 0.2) is 0 Å². The van der Waals surface area contributed by atoms with Crippen molar-refractivity contribution >= 4 is 35.1 Å². The molecule has 1 N–H and O–H groups in total. The van der Waals surface area contributed by atoms with Crippen molar-refractivity contribution in [2.24, 2.45) is 0 Å². The van der Waals surface area contributed by atoms with Crippen LogP contribution in [0.25, 0.3) is 0 Å². The molecule has 2 aliphatic rings. The number of piperidine rings is 1. The Morgan fingerprint density at radius 2 is 1.96 bits per heavy atom. The van der Waals surface area contributed by atoms with Gasteiger partial charge in [0.25, 0.3) is 11.8 Å². The van der Waals surface area contributed by atoms with Crippen LogP contribution >= 0.6 is 11.6 Å². The largest absolute Gasteiger partial charge is 0.348 e. The molecule has 1 aromatic heterocycles. The number of rotatable bonds is 3. The van der Waals surface area contributed by atoms with E-state index < -0.39 is 6.04 Å². The van der Waals surface area contributed by atoms with Gasteiger partial charge in [0.05, 0.1) is 11.9 Å². The number of urea groups is 1. The molecule has 4 amide bonds. The summed E-state index contributed by atoms with van der Waals surface area (Å²) in [6.45, 7) is 0.394. The smallest absolute Gasteiger partial charge is 0.332 e. The maximum absolute atomic E-state index is 12.8. The molecule has 0 unspecified atom stereocenters. The first-order chi connectivity index (χ1) is 13.0. The molecule has 1 aromatic carbocycles. The lowest BCUT2D eigenvalue weighted by molar-refractivity contribution is -0.120. The van der Waals surface area contributed by atoms with E-state index in [1.165, 1.54) is 23.5 Å². The van der Waals surface area contributed by atoms with Crippen LogP contribution in [-0.2, 0) is 4.79 Å². The number of halogens is 1. The number of nitrogens with zero attached hydrogens (tertiary/aromatic N) is 4. The van der Waals surface area contributed by atoms with Crippen LogP contribution in [0.15, 0.2) is 42.9 Å². The highest BCUT2D eigenvalue weighted by molar-refractivity contribution is 6.30. The fourth-order valence-corrected chi connectivity index (χ4v) is 3.56. The van der Waals surface area contributed by atoms with Crippen molar-refractivity contribution < 1.29 is 14.4 Å². The SMILES string of the molecule is O=C(N[C@H]1CCN2C(=O)N(c3ccc(Cl)cc3)C(=O)[C@@H]2C1)c1cnccn1. The maximum atomic E-state index is 12.8. The van der Waals surface area contributed by atoms with Crippen molar-refractivity contribution in [3.05, 3.63) is 53.6 Å². The van der Waals surface area contributed by atoms with E-state index in [9.17, 15) is 14.4 Å². The standard InChI is InChI=1S/C18H16ClN5O3/c19-11-1-3-13(4-2-11)24-17(26)15-9-12(5-8-23(15)18(24)27)22-16(25)14-10-20-6-7-21-14/h1-4,6-7,10,12,15H,5,8-9H2,(H,22,25)/t12-,15-/m0/s1. The van der Waals surface area contributed by atoms with Gasteiger partial charge in [-0.05, 0) is 37.1 Å². The van der Waals surface area contributed by atoms with E-state index in [1.54, 1.807) is 29.2 Å². The zero-order valence-electron chi connectivity index (χ0n) is 14.2. The van der Waals surface area contributed by atoms with E-state index in [0.717, 1.165) is 0 Å². The Morgan fingerprint density at radius 1 is 1.19 bits per heavy atom. The molecule has 0 saturated carbocycles. The highest BCUT2D eigenvalue weighted by atomic mass is 35.5. The van der Waals surface area contributed by atoms with Crippen molar-refractivity contribution in [3.8, 4) is 0 Å². The van der Waals surface area contributed by atoms with E-state index in [-0.39, 0.29) is 29.6 Å². The Hall–Kier alpha value is -3.00. The van der Waals surface area contributed by atoms with Gasteiger partial charge in [-0.25, -0.2) is 14.7 Å². The summed E-state index contributed by atoms with van der Waals surface area (Å²) in [6.07, 6.45) is 5.25. The number of hydrogen-bond acceptors (Lipinski definition) is 5. The molecule has 9 heteroatoms. The van der Waals surface area contributed by atoms with Gasteiger partial charge in [0, 0.05) is 30.0 Å². The first-order valence-electron chi connectivity index (χ1n) is 8.51. The number of benzene rings is 1. The molecule has 0 radical (unpaired) electrons. The van der Waals surface area contributed by atoms with Crippen LogP contribution in [0.4, 0.5) is 10.5 Å². The van der Waals surface area contributed by atoms with Crippen LogP contribution in [0.3, 0.4) is 0 Å². The van der Waals surface area contributed by atoms with Crippen molar-refractivity contribution in [1.29, 1.82) is 0 Å². The Labute approximate surface area is 160 Å². The number of aromatic nitrogens is 2. The topological polar surface area (TPSA) is 95.5 Å². The number of amides is 4. The number of fused-ring (bicyclic) bond motifs is 1. The fourth-order valence-electron chi connectivity index (χ4n) is 3.43. The minimum atomic E-state index is -0.589. The quantitative estimate of drug-likeness (QED) is 0.813. The summed E-state index contributed by atoms with van der Waals surface area (Å²) in [5.41, 5.74) is 0.709. The van der Waals surface area contributed by atoms with Gasteiger partial charge in [0.1, 0.15) is 11.7 Å². The van der Waals surface area contributed by atoms with Gasteiger partial charge in [-0.1, -0.05) is 11.6 Å². The van der Waals surface area contributed by atoms with Crippen LogP contribution in [0.1, 0.15) is 23.3 Å². The number of carbonyl (C=O) groups excluding carboxylic acids is 3. The average molecular weight is 386 g/mol. The van der Waals surface area contributed by atoms with Crippen LogP contribution in [0.2, 0.25) is 5.02 Å². The second-order valence-corrected chi connectivity index (χ2v) is 6.86. The second kappa shape index (κ2) is 6.96. The lowest BCUT2D eigenvalue weighted by atomic mass is 9.98. The molecule has 3 heterocycles. The van der Waals surface area contributed by atoms with E-state index in [4.69, 9.17) is 11.6 Å². The average Bonchev–Trinajstić information content (AvgIpc) is 2.93. The third kappa shape index (κ3) is 3.23. The zero-order chi connectivity index (χ0) is 19.0. The highest BCUT2D eigenvalue weighted by Crippen LogP contribution is 2.31. The minimum absolute atomic E-state index is 0.219. The third-order valence-electron chi connectivity index (χ3n) is 4.76. The van der Waals surface area contributed by atoms with Gasteiger partial charge in [0.2, 0.25) is 0 Å². The molecular weight excluding hydrogens is 370 g/mol. The van der Waals surface area contributed by atoms with Gasteiger partial charge in [-0.2, -0.15) is 0 Å². The van der Waals surface area contributed by atoms with Crippen LogP contribution < -0.4 is 10.2 Å².